The monoisotopic (exact) mass is 390 g/mol. The number of benzene rings is 1. The molecule has 2 aromatic heterocycles. The largest absolute Gasteiger partial charge is 0.360 e. The van der Waals surface area contributed by atoms with Gasteiger partial charge in [-0.1, -0.05) is 35.5 Å². The Balaban J connectivity index is 1.91. The van der Waals surface area contributed by atoms with E-state index in [0.717, 1.165) is 15.3 Å². The second-order valence-corrected chi connectivity index (χ2v) is 9.49. The van der Waals surface area contributed by atoms with Crippen LogP contribution in [0.2, 0.25) is 0 Å². The third kappa shape index (κ3) is 4.06. The van der Waals surface area contributed by atoms with E-state index in [0.29, 0.717) is 31.0 Å². The van der Waals surface area contributed by atoms with Crippen LogP contribution in [-0.4, -0.2) is 24.4 Å². The highest BCUT2D eigenvalue weighted by Gasteiger charge is 2.31. The van der Waals surface area contributed by atoms with Gasteiger partial charge in [0.15, 0.2) is 5.76 Å². The Labute approximate surface area is 158 Å². The van der Waals surface area contributed by atoms with Gasteiger partial charge < -0.3 is 4.52 Å². The van der Waals surface area contributed by atoms with Crippen molar-refractivity contribution in [2.45, 2.75) is 38.6 Å². The maximum Gasteiger partial charge on any atom is 0.248 e. The maximum absolute atomic E-state index is 13.3. The minimum Gasteiger partial charge on any atom is -0.360 e. The lowest BCUT2D eigenvalue weighted by Crippen LogP contribution is -2.33. The number of hydrogen-bond acceptors (Lipinski definition) is 5. The maximum atomic E-state index is 13.3. The molecule has 3 aromatic rings. The van der Waals surface area contributed by atoms with Gasteiger partial charge in [0.2, 0.25) is 10.0 Å². The molecule has 0 N–H and O–H groups in total. The zero-order chi connectivity index (χ0) is 18.7. The Hall–Kier alpha value is -1.96. The molecule has 26 heavy (non-hydrogen) atoms. The quantitative estimate of drug-likeness (QED) is 0.609. The first-order valence-electron chi connectivity index (χ1n) is 8.40. The van der Waals surface area contributed by atoms with Crippen LogP contribution < -0.4 is 0 Å². The number of sulfonamides is 1. The smallest absolute Gasteiger partial charge is 0.248 e. The van der Waals surface area contributed by atoms with E-state index in [9.17, 15) is 8.42 Å². The first-order valence-corrected chi connectivity index (χ1v) is 10.7. The van der Waals surface area contributed by atoms with Crippen molar-refractivity contribution in [3.63, 3.8) is 0 Å². The summed E-state index contributed by atoms with van der Waals surface area (Å²) < 4.78 is 33.2. The zero-order valence-corrected chi connectivity index (χ0v) is 16.7. The van der Waals surface area contributed by atoms with Crippen LogP contribution in [0.1, 0.15) is 26.8 Å². The summed E-state index contributed by atoms with van der Waals surface area (Å²) in [5, 5.41) is 3.82. The highest BCUT2D eigenvalue weighted by Crippen LogP contribution is 2.26. The van der Waals surface area contributed by atoms with Crippen LogP contribution in [0.25, 0.3) is 0 Å². The predicted molar refractivity (Wildman–Crippen MR) is 103 cm³/mol. The van der Waals surface area contributed by atoms with Gasteiger partial charge >= 0.3 is 0 Å². The van der Waals surface area contributed by atoms with Gasteiger partial charge in [0.25, 0.3) is 0 Å². The fraction of sp³-hybridized carbons (Fsp3) is 0.316. The van der Waals surface area contributed by atoms with Crippen molar-refractivity contribution in [3.05, 3.63) is 69.2 Å². The summed E-state index contributed by atoms with van der Waals surface area (Å²) in [5.74, 6) is 0.328. The first-order chi connectivity index (χ1) is 12.4. The number of rotatable bonds is 7. The summed E-state index contributed by atoms with van der Waals surface area (Å²) in [5.41, 5.74) is 1.50. The normalized spacial score (nSPS) is 12.0. The number of nitrogens with zero attached hydrogens (tertiary/aromatic N) is 2. The first kappa shape index (κ1) is 18.8. The minimum atomic E-state index is -3.69. The molecule has 0 aliphatic heterocycles. The lowest BCUT2D eigenvalue weighted by molar-refractivity contribution is 0.387. The van der Waals surface area contributed by atoms with Crippen LogP contribution in [0.15, 0.2) is 51.9 Å². The van der Waals surface area contributed by atoms with Crippen molar-refractivity contribution in [2.24, 2.45) is 0 Å². The Kier molecular flexibility index (Phi) is 5.60. The van der Waals surface area contributed by atoms with Crippen LogP contribution in [0.3, 0.4) is 0 Å². The molecule has 0 unspecified atom stereocenters. The number of aromatic nitrogens is 1. The van der Waals surface area contributed by atoms with Crippen molar-refractivity contribution in [3.8, 4) is 0 Å². The number of thiophene rings is 1. The van der Waals surface area contributed by atoms with Crippen LogP contribution in [0, 0.1) is 20.8 Å². The highest BCUT2D eigenvalue weighted by atomic mass is 32.2. The van der Waals surface area contributed by atoms with E-state index >= 15 is 0 Å². The Morgan fingerprint density at radius 3 is 2.38 bits per heavy atom. The zero-order valence-electron chi connectivity index (χ0n) is 15.1. The van der Waals surface area contributed by atoms with Crippen LogP contribution >= 0.6 is 11.3 Å². The van der Waals surface area contributed by atoms with Gasteiger partial charge in [0.05, 0.1) is 0 Å². The molecule has 5 nitrogen and oxygen atoms in total. The molecule has 0 atom stereocenters. The van der Waals surface area contributed by atoms with E-state index in [1.54, 1.807) is 25.2 Å². The van der Waals surface area contributed by atoms with E-state index in [1.807, 2.05) is 49.4 Å². The van der Waals surface area contributed by atoms with E-state index in [4.69, 9.17) is 4.52 Å². The highest BCUT2D eigenvalue weighted by molar-refractivity contribution is 7.89. The molecule has 7 heteroatoms. The topological polar surface area (TPSA) is 63.4 Å². The van der Waals surface area contributed by atoms with Crippen molar-refractivity contribution in [1.82, 2.24) is 9.46 Å². The molecule has 0 aliphatic carbocycles. The summed E-state index contributed by atoms with van der Waals surface area (Å²) in [6, 6.07) is 13.9. The van der Waals surface area contributed by atoms with Gasteiger partial charge in [-0.05, 0) is 44.9 Å². The summed E-state index contributed by atoms with van der Waals surface area (Å²) >= 11 is 1.61. The molecule has 138 valence electrons. The molecule has 0 radical (unpaired) electrons. The molecule has 0 amide bonds. The fourth-order valence-corrected chi connectivity index (χ4v) is 5.60. The number of aryl methyl sites for hydroxylation is 3. The van der Waals surface area contributed by atoms with Crippen LogP contribution in [0.4, 0.5) is 0 Å². The Morgan fingerprint density at radius 1 is 1.08 bits per heavy atom. The standard InChI is InChI=1S/C19H22N2O3S2/c1-14-9-10-18(25-14)13-21(12-11-17-7-5-4-6-8-17)26(22,23)19-15(2)20-24-16(19)3/h4-10H,11-13H2,1-3H3. The lowest BCUT2D eigenvalue weighted by atomic mass is 10.1. The summed E-state index contributed by atoms with van der Waals surface area (Å²) in [6.07, 6.45) is 0.647. The SMILES string of the molecule is Cc1ccc(CN(CCc2ccccc2)S(=O)(=O)c2c(C)noc2C)s1. The molecular formula is C19H22N2O3S2. The molecule has 1 aromatic carbocycles. The molecule has 0 fully saturated rings. The molecule has 0 bridgehead atoms. The molecule has 0 saturated heterocycles. The molecule has 0 spiro atoms. The third-order valence-corrected chi connectivity index (χ3v) is 7.26. The van der Waals surface area contributed by atoms with Crippen molar-refractivity contribution >= 4 is 21.4 Å². The van der Waals surface area contributed by atoms with Gasteiger partial charge in [-0.2, -0.15) is 4.31 Å². The lowest BCUT2D eigenvalue weighted by Gasteiger charge is -2.21. The second kappa shape index (κ2) is 7.73. The molecule has 2 heterocycles. The summed E-state index contributed by atoms with van der Waals surface area (Å²) in [7, 11) is -3.69. The molecule has 0 aliphatic rings. The fourth-order valence-electron chi connectivity index (χ4n) is 2.90. The minimum absolute atomic E-state index is 0.179. The van der Waals surface area contributed by atoms with E-state index in [-0.39, 0.29) is 4.90 Å². The average Bonchev–Trinajstić information content (AvgIpc) is 3.17. The summed E-state index contributed by atoms with van der Waals surface area (Å²) in [6.45, 7) is 6.06. The van der Waals surface area contributed by atoms with Gasteiger partial charge in [-0.15, -0.1) is 11.3 Å². The molecule has 3 rings (SSSR count). The van der Waals surface area contributed by atoms with E-state index < -0.39 is 10.0 Å². The summed E-state index contributed by atoms with van der Waals surface area (Å²) in [4.78, 5) is 2.36. The van der Waals surface area contributed by atoms with E-state index in [2.05, 4.69) is 5.16 Å². The van der Waals surface area contributed by atoms with E-state index in [1.165, 1.54) is 4.31 Å². The van der Waals surface area contributed by atoms with Crippen molar-refractivity contribution in [1.29, 1.82) is 0 Å². The van der Waals surface area contributed by atoms with Crippen LogP contribution in [-0.2, 0) is 23.0 Å². The second-order valence-electron chi connectivity index (χ2n) is 6.24. The average molecular weight is 391 g/mol. The predicted octanol–water partition coefficient (Wildman–Crippen LogP) is 4.09. The van der Waals surface area contributed by atoms with Gasteiger partial charge in [0, 0.05) is 22.8 Å². The number of hydrogen-bond donors (Lipinski definition) is 0. The van der Waals surface area contributed by atoms with Crippen molar-refractivity contribution in [2.75, 3.05) is 6.54 Å². The third-order valence-electron chi connectivity index (χ3n) is 4.19. The van der Waals surface area contributed by atoms with Crippen LogP contribution in [0.5, 0.6) is 0 Å². The van der Waals surface area contributed by atoms with Gasteiger partial charge in [-0.3, -0.25) is 0 Å². The van der Waals surface area contributed by atoms with Gasteiger partial charge in [0.1, 0.15) is 10.6 Å². The Bertz CT molecular complexity index is 956. The van der Waals surface area contributed by atoms with Gasteiger partial charge in [-0.25, -0.2) is 8.42 Å². The Morgan fingerprint density at radius 2 is 1.81 bits per heavy atom. The molecule has 0 saturated carbocycles. The van der Waals surface area contributed by atoms with Crippen molar-refractivity contribution < 1.29 is 12.9 Å². The molecular weight excluding hydrogens is 368 g/mol.